The van der Waals surface area contributed by atoms with Crippen LogP contribution in [0.3, 0.4) is 0 Å². The SMILES string of the molecule is COc1cc2c(c3c1NC3c1cc(Cl)ccc1O)[C@H]1CC[C@]3(C)[C@H](O)CC[C@H]3[C@@H]1CC2. The van der Waals surface area contributed by atoms with Gasteiger partial charge in [-0.15, -0.1) is 0 Å². The van der Waals surface area contributed by atoms with Gasteiger partial charge in [0.2, 0.25) is 0 Å². The topological polar surface area (TPSA) is 61.7 Å². The lowest BCUT2D eigenvalue weighted by atomic mass is 9.54. The maximum absolute atomic E-state index is 10.7. The van der Waals surface area contributed by atoms with Crippen molar-refractivity contribution in [1.29, 1.82) is 0 Å². The van der Waals surface area contributed by atoms with Crippen LogP contribution in [0.5, 0.6) is 11.5 Å². The summed E-state index contributed by atoms with van der Waals surface area (Å²) in [4.78, 5) is 0. The van der Waals surface area contributed by atoms with Crippen LogP contribution in [0.25, 0.3) is 0 Å². The molecule has 4 nitrogen and oxygen atoms in total. The second kappa shape index (κ2) is 6.79. The first-order valence-corrected chi connectivity index (χ1v) is 12.0. The number of hydrogen-bond acceptors (Lipinski definition) is 4. The number of anilines is 1. The van der Waals surface area contributed by atoms with Gasteiger partial charge in [-0.3, -0.25) is 0 Å². The van der Waals surface area contributed by atoms with E-state index in [1.54, 1.807) is 19.2 Å². The smallest absolute Gasteiger partial charge is 0.142 e. The molecule has 2 aromatic rings. The fourth-order valence-electron chi connectivity index (χ4n) is 7.47. The average Bonchev–Trinajstić information content (AvgIpc) is 3.04. The molecule has 3 aliphatic carbocycles. The largest absolute Gasteiger partial charge is 0.508 e. The van der Waals surface area contributed by atoms with Crippen molar-refractivity contribution in [3.8, 4) is 11.5 Å². The number of rotatable bonds is 2. The molecule has 0 spiro atoms. The van der Waals surface area contributed by atoms with Crippen LogP contribution >= 0.6 is 11.6 Å². The van der Waals surface area contributed by atoms with Crippen molar-refractivity contribution in [3.63, 3.8) is 0 Å². The first-order chi connectivity index (χ1) is 14.9. The number of fused-ring (bicyclic) bond motifs is 7. The minimum atomic E-state index is -0.156. The molecular formula is C26H30ClNO3. The van der Waals surface area contributed by atoms with Gasteiger partial charge in [0.1, 0.15) is 11.5 Å². The van der Waals surface area contributed by atoms with Crippen LogP contribution in [0.15, 0.2) is 24.3 Å². The average molecular weight is 440 g/mol. The number of halogens is 1. The van der Waals surface area contributed by atoms with Crippen LogP contribution in [0, 0.1) is 17.3 Å². The van der Waals surface area contributed by atoms with E-state index >= 15 is 0 Å². The van der Waals surface area contributed by atoms with Crippen molar-refractivity contribution < 1.29 is 14.9 Å². The van der Waals surface area contributed by atoms with E-state index in [1.165, 1.54) is 23.1 Å². The van der Waals surface area contributed by atoms with Gasteiger partial charge in [-0.25, -0.2) is 0 Å². The normalized spacial score (nSPS) is 35.2. The molecule has 1 aliphatic heterocycles. The molecule has 0 bridgehead atoms. The van der Waals surface area contributed by atoms with Crippen LogP contribution in [0.1, 0.15) is 73.2 Å². The van der Waals surface area contributed by atoms with Gasteiger partial charge >= 0.3 is 0 Å². The lowest BCUT2D eigenvalue weighted by Crippen LogP contribution is -2.44. The van der Waals surface area contributed by atoms with Gasteiger partial charge in [0.15, 0.2) is 0 Å². The summed E-state index contributed by atoms with van der Waals surface area (Å²) in [7, 11) is 1.73. The van der Waals surface area contributed by atoms with E-state index in [2.05, 4.69) is 18.3 Å². The summed E-state index contributed by atoms with van der Waals surface area (Å²) in [6.07, 6.45) is 6.37. The van der Waals surface area contributed by atoms with Gasteiger partial charge in [0.25, 0.3) is 0 Å². The molecule has 0 saturated heterocycles. The Balaban J connectivity index is 1.48. The lowest BCUT2D eigenvalue weighted by Gasteiger charge is -2.52. The van der Waals surface area contributed by atoms with Crippen molar-refractivity contribution in [2.75, 3.05) is 12.4 Å². The van der Waals surface area contributed by atoms with Crippen molar-refractivity contribution in [2.24, 2.45) is 17.3 Å². The highest BCUT2D eigenvalue weighted by molar-refractivity contribution is 6.30. The number of aliphatic hydroxyl groups is 1. The molecule has 5 heteroatoms. The first kappa shape index (κ1) is 19.8. The predicted molar refractivity (Wildman–Crippen MR) is 122 cm³/mol. The van der Waals surface area contributed by atoms with Crippen molar-refractivity contribution in [2.45, 2.75) is 63.5 Å². The Bertz CT molecular complexity index is 1070. The van der Waals surface area contributed by atoms with Gasteiger partial charge in [0, 0.05) is 16.1 Å². The standard InChI is InChI=1S/C26H30ClNO3/c1-26-10-9-16-15(18(26)6-8-21(26)30)5-3-13-11-20(31-2)25-23(22(13)16)24(28-25)17-12-14(27)4-7-19(17)29/h4,7,11-12,15-16,18,21,24,28-30H,3,5-6,8-10H2,1-2H3/t15-,16+,18+,21-,24?,26+/m1/s1. The van der Waals surface area contributed by atoms with Crippen molar-refractivity contribution in [3.05, 3.63) is 51.5 Å². The summed E-state index contributed by atoms with van der Waals surface area (Å²) in [6.45, 7) is 2.32. The number of hydrogen-bond donors (Lipinski definition) is 3. The van der Waals surface area contributed by atoms with E-state index < -0.39 is 0 Å². The second-order valence-corrected chi connectivity index (χ2v) is 10.7. The van der Waals surface area contributed by atoms with Crippen LogP contribution in [0.2, 0.25) is 5.02 Å². The van der Waals surface area contributed by atoms with Crippen LogP contribution in [-0.4, -0.2) is 23.4 Å². The Kier molecular flexibility index (Phi) is 4.33. The third-order valence-electron chi connectivity index (χ3n) is 9.06. The summed E-state index contributed by atoms with van der Waals surface area (Å²) < 4.78 is 5.73. The van der Waals surface area contributed by atoms with Gasteiger partial charge in [-0.2, -0.15) is 0 Å². The minimum absolute atomic E-state index is 0.0706. The zero-order chi connectivity index (χ0) is 21.5. The third-order valence-corrected chi connectivity index (χ3v) is 9.29. The zero-order valence-corrected chi connectivity index (χ0v) is 18.9. The lowest BCUT2D eigenvalue weighted by molar-refractivity contribution is -0.0228. The molecule has 0 radical (unpaired) electrons. The number of aryl methyl sites for hydroxylation is 1. The van der Waals surface area contributed by atoms with Gasteiger partial charge in [0.05, 0.1) is 24.9 Å². The number of nitrogens with one attached hydrogen (secondary N) is 1. The number of benzene rings is 2. The summed E-state index contributed by atoms with van der Waals surface area (Å²) in [5.74, 6) is 2.89. The van der Waals surface area contributed by atoms with Crippen LogP contribution in [0.4, 0.5) is 5.69 Å². The van der Waals surface area contributed by atoms with E-state index in [1.807, 2.05) is 6.07 Å². The predicted octanol–water partition coefficient (Wildman–Crippen LogP) is 5.79. The molecule has 1 unspecified atom stereocenters. The highest BCUT2D eigenvalue weighted by Gasteiger charge is 2.55. The Morgan fingerprint density at radius 1 is 1.13 bits per heavy atom. The maximum Gasteiger partial charge on any atom is 0.142 e. The third kappa shape index (κ3) is 2.64. The van der Waals surface area contributed by atoms with E-state index in [9.17, 15) is 10.2 Å². The van der Waals surface area contributed by atoms with E-state index in [-0.39, 0.29) is 23.3 Å². The summed E-state index contributed by atoms with van der Waals surface area (Å²) in [5.41, 5.74) is 6.11. The molecule has 1 heterocycles. The molecule has 6 rings (SSSR count). The molecule has 2 fully saturated rings. The quantitative estimate of drug-likeness (QED) is 0.554. The molecule has 31 heavy (non-hydrogen) atoms. The molecule has 3 N–H and O–H groups in total. The summed E-state index contributed by atoms with van der Waals surface area (Å²) in [6, 6.07) is 7.43. The Labute approximate surface area is 188 Å². The maximum atomic E-state index is 10.7. The van der Waals surface area contributed by atoms with E-state index in [4.69, 9.17) is 16.3 Å². The molecule has 4 aliphatic rings. The molecular weight excluding hydrogens is 410 g/mol. The molecule has 2 aromatic carbocycles. The fraction of sp³-hybridized carbons (Fsp3) is 0.538. The Morgan fingerprint density at radius 3 is 2.77 bits per heavy atom. The summed E-state index contributed by atoms with van der Waals surface area (Å²) >= 11 is 6.28. The Morgan fingerprint density at radius 2 is 1.97 bits per heavy atom. The number of phenols is 1. The van der Waals surface area contributed by atoms with Crippen molar-refractivity contribution >= 4 is 17.3 Å². The van der Waals surface area contributed by atoms with Crippen LogP contribution < -0.4 is 10.1 Å². The molecule has 2 saturated carbocycles. The molecule has 6 atom stereocenters. The second-order valence-electron chi connectivity index (χ2n) is 10.3. The van der Waals surface area contributed by atoms with Gasteiger partial charge in [-0.1, -0.05) is 18.5 Å². The fourth-order valence-corrected chi connectivity index (χ4v) is 7.66. The highest BCUT2D eigenvalue weighted by atomic mass is 35.5. The minimum Gasteiger partial charge on any atom is -0.508 e. The van der Waals surface area contributed by atoms with Crippen LogP contribution in [-0.2, 0) is 6.42 Å². The molecule has 164 valence electrons. The van der Waals surface area contributed by atoms with Gasteiger partial charge < -0.3 is 20.3 Å². The summed E-state index contributed by atoms with van der Waals surface area (Å²) in [5, 5.41) is 25.5. The number of aliphatic hydroxyl groups excluding tert-OH is 1. The van der Waals surface area contributed by atoms with Gasteiger partial charge in [-0.05, 0) is 97.1 Å². The monoisotopic (exact) mass is 439 g/mol. The molecule has 0 aromatic heterocycles. The van der Waals surface area contributed by atoms with E-state index in [0.29, 0.717) is 22.8 Å². The highest BCUT2D eigenvalue weighted by Crippen LogP contribution is 2.64. The van der Waals surface area contributed by atoms with Crippen molar-refractivity contribution in [1.82, 2.24) is 0 Å². The number of phenolic OH excluding ortho intramolecular Hbond substituents is 1. The first-order valence-electron chi connectivity index (χ1n) is 11.6. The number of aromatic hydroxyl groups is 1. The molecule has 0 amide bonds. The zero-order valence-electron chi connectivity index (χ0n) is 18.1. The number of ether oxygens (including phenoxy) is 1. The van der Waals surface area contributed by atoms with E-state index in [0.717, 1.165) is 49.1 Å². The Hall–Kier alpha value is -1.91. The number of methoxy groups -OCH3 is 1.